The third-order valence-electron chi connectivity index (χ3n) is 4.16. The number of carbonyl (C=O) groups excluding carboxylic acids is 3. The van der Waals surface area contributed by atoms with E-state index >= 15 is 0 Å². The third-order valence-corrected chi connectivity index (χ3v) is 5.67. The first-order valence-corrected chi connectivity index (χ1v) is 10.1. The summed E-state index contributed by atoms with van der Waals surface area (Å²) in [6.07, 6.45) is -0.169. The number of carbonyl (C=O) groups is 3. The maximum atomic E-state index is 12.2. The standard InChI is InChI=1S/C20H19ClN2O6S/c1-27-12-4-5-13(15(8-12)28-2)22-18(24)10-29-19(25)9-17-20(26)23-14-7-11(21)3-6-16(14)30-17/h3-8,17H,9-10H2,1-2H3,(H,22,24)(H,23,26). The summed E-state index contributed by atoms with van der Waals surface area (Å²) in [5.41, 5.74) is 1.02. The average molecular weight is 451 g/mol. The highest BCUT2D eigenvalue weighted by Gasteiger charge is 2.30. The molecular formula is C20H19ClN2O6S. The van der Waals surface area contributed by atoms with Crippen LogP contribution in [0.3, 0.4) is 0 Å². The molecule has 10 heteroatoms. The van der Waals surface area contributed by atoms with Crippen molar-refractivity contribution >= 4 is 52.5 Å². The summed E-state index contributed by atoms with van der Waals surface area (Å²) in [6, 6.07) is 10.0. The molecule has 0 aromatic heterocycles. The summed E-state index contributed by atoms with van der Waals surface area (Å²) in [7, 11) is 2.98. The van der Waals surface area contributed by atoms with E-state index in [1.807, 2.05) is 0 Å². The maximum Gasteiger partial charge on any atom is 0.307 e. The van der Waals surface area contributed by atoms with Crippen molar-refractivity contribution in [1.82, 2.24) is 0 Å². The first kappa shape index (κ1) is 21.8. The van der Waals surface area contributed by atoms with Crippen LogP contribution < -0.4 is 20.1 Å². The molecule has 1 unspecified atom stereocenters. The maximum absolute atomic E-state index is 12.2. The highest BCUT2D eigenvalue weighted by Crippen LogP contribution is 2.38. The predicted molar refractivity (Wildman–Crippen MR) is 113 cm³/mol. The summed E-state index contributed by atoms with van der Waals surface area (Å²) in [5.74, 6) is -0.532. The smallest absolute Gasteiger partial charge is 0.307 e. The van der Waals surface area contributed by atoms with Gasteiger partial charge in [0.25, 0.3) is 5.91 Å². The second-order valence-corrected chi connectivity index (χ2v) is 7.90. The number of fused-ring (bicyclic) bond motifs is 1. The molecule has 8 nitrogen and oxygen atoms in total. The lowest BCUT2D eigenvalue weighted by molar-refractivity contribution is -0.147. The van der Waals surface area contributed by atoms with Crippen molar-refractivity contribution in [3.63, 3.8) is 0 Å². The predicted octanol–water partition coefficient (Wildman–Crippen LogP) is 3.34. The SMILES string of the molecule is COc1ccc(NC(=O)COC(=O)CC2Sc3ccc(Cl)cc3NC2=O)c(OC)c1. The second-order valence-electron chi connectivity index (χ2n) is 6.22. The summed E-state index contributed by atoms with van der Waals surface area (Å²) in [4.78, 5) is 37.3. The van der Waals surface area contributed by atoms with Gasteiger partial charge in [-0.3, -0.25) is 14.4 Å². The third kappa shape index (κ3) is 5.37. The lowest BCUT2D eigenvalue weighted by Crippen LogP contribution is -2.32. The number of thioether (sulfide) groups is 1. The Morgan fingerprint density at radius 3 is 2.70 bits per heavy atom. The summed E-state index contributed by atoms with van der Waals surface area (Å²) < 4.78 is 15.3. The van der Waals surface area contributed by atoms with Crippen molar-refractivity contribution in [3.05, 3.63) is 41.4 Å². The highest BCUT2D eigenvalue weighted by molar-refractivity contribution is 8.01. The van der Waals surface area contributed by atoms with Gasteiger partial charge in [-0.15, -0.1) is 11.8 Å². The van der Waals surface area contributed by atoms with E-state index < -0.39 is 23.7 Å². The van der Waals surface area contributed by atoms with Crippen LogP contribution in [0.2, 0.25) is 5.02 Å². The molecule has 0 aliphatic carbocycles. The van der Waals surface area contributed by atoms with Crippen molar-refractivity contribution in [1.29, 1.82) is 0 Å². The number of amides is 2. The highest BCUT2D eigenvalue weighted by atomic mass is 35.5. The molecular weight excluding hydrogens is 432 g/mol. The van der Waals surface area contributed by atoms with Gasteiger partial charge in [-0.2, -0.15) is 0 Å². The molecule has 2 aromatic rings. The van der Waals surface area contributed by atoms with Crippen LogP contribution in [0.25, 0.3) is 0 Å². The number of nitrogens with one attached hydrogen (secondary N) is 2. The van der Waals surface area contributed by atoms with E-state index in [1.54, 1.807) is 36.4 Å². The fourth-order valence-corrected chi connectivity index (χ4v) is 3.95. The van der Waals surface area contributed by atoms with E-state index in [4.69, 9.17) is 25.8 Å². The summed E-state index contributed by atoms with van der Waals surface area (Å²) >= 11 is 7.17. The molecule has 2 amide bonds. The molecule has 0 bridgehead atoms. The van der Waals surface area contributed by atoms with Gasteiger partial charge in [0.15, 0.2) is 6.61 Å². The molecule has 0 radical (unpaired) electrons. The number of ether oxygens (including phenoxy) is 3. The molecule has 158 valence electrons. The first-order chi connectivity index (χ1) is 14.4. The topological polar surface area (TPSA) is 103 Å². The lowest BCUT2D eigenvalue weighted by Gasteiger charge is -2.23. The fourth-order valence-electron chi connectivity index (χ4n) is 2.70. The second kappa shape index (κ2) is 9.73. The zero-order valence-corrected chi connectivity index (χ0v) is 17.8. The monoisotopic (exact) mass is 450 g/mol. The van der Waals surface area contributed by atoms with E-state index in [9.17, 15) is 14.4 Å². The Kier molecular flexibility index (Phi) is 7.07. The quantitative estimate of drug-likeness (QED) is 0.623. The molecule has 0 saturated heterocycles. The minimum absolute atomic E-state index is 0.169. The van der Waals surface area contributed by atoms with Crippen LogP contribution in [-0.2, 0) is 19.1 Å². The number of benzene rings is 2. The number of hydrogen-bond donors (Lipinski definition) is 2. The summed E-state index contributed by atoms with van der Waals surface area (Å²) in [6.45, 7) is -0.487. The van der Waals surface area contributed by atoms with E-state index in [2.05, 4.69) is 10.6 Å². The molecule has 1 atom stereocenters. The largest absolute Gasteiger partial charge is 0.497 e. The number of esters is 1. The Balaban J connectivity index is 1.52. The summed E-state index contributed by atoms with van der Waals surface area (Å²) in [5, 5.41) is 5.18. The Morgan fingerprint density at radius 1 is 1.17 bits per heavy atom. The molecule has 3 rings (SSSR count). The van der Waals surface area contributed by atoms with Crippen LogP contribution in [0, 0.1) is 0 Å². The van der Waals surface area contributed by atoms with Gasteiger partial charge in [-0.25, -0.2) is 0 Å². The average Bonchev–Trinajstić information content (AvgIpc) is 2.73. The van der Waals surface area contributed by atoms with E-state index in [0.29, 0.717) is 27.9 Å². The van der Waals surface area contributed by atoms with Crippen LogP contribution in [0.5, 0.6) is 11.5 Å². The van der Waals surface area contributed by atoms with Crippen molar-refractivity contribution in [3.8, 4) is 11.5 Å². The van der Waals surface area contributed by atoms with Crippen LogP contribution in [0.4, 0.5) is 11.4 Å². The van der Waals surface area contributed by atoms with Gasteiger partial charge in [0.2, 0.25) is 5.91 Å². The minimum Gasteiger partial charge on any atom is -0.497 e. The Morgan fingerprint density at radius 2 is 1.97 bits per heavy atom. The molecule has 2 aromatic carbocycles. The number of rotatable bonds is 7. The zero-order chi connectivity index (χ0) is 21.7. The molecule has 0 saturated carbocycles. The van der Waals surface area contributed by atoms with Crippen LogP contribution in [0.15, 0.2) is 41.3 Å². The molecule has 1 heterocycles. The molecule has 1 aliphatic heterocycles. The Hall–Kier alpha value is -2.91. The van der Waals surface area contributed by atoms with E-state index in [1.165, 1.54) is 26.0 Å². The number of halogens is 1. The van der Waals surface area contributed by atoms with Crippen molar-refractivity contribution in [2.75, 3.05) is 31.5 Å². The number of anilines is 2. The van der Waals surface area contributed by atoms with Gasteiger partial charge in [0.05, 0.1) is 37.3 Å². The molecule has 0 spiro atoms. The fraction of sp³-hybridized carbons (Fsp3) is 0.250. The van der Waals surface area contributed by atoms with E-state index in [-0.39, 0.29) is 12.3 Å². The lowest BCUT2D eigenvalue weighted by atomic mass is 10.2. The van der Waals surface area contributed by atoms with Crippen LogP contribution in [0.1, 0.15) is 6.42 Å². The zero-order valence-electron chi connectivity index (χ0n) is 16.2. The number of hydrogen-bond acceptors (Lipinski definition) is 7. The molecule has 30 heavy (non-hydrogen) atoms. The van der Waals surface area contributed by atoms with Crippen molar-refractivity contribution in [2.24, 2.45) is 0 Å². The van der Waals surface area contributed by atoms with Crippen molar-refractivity contribution < 1.29 is 28.6 Å². The van der Waals surface area contributed by atoms with Crippen LogP contribution >= 0.6 is 23.4 Å². The van der Waals surface area contributed by atoms with E-state index in [0.717, 1.165) is 4.90 Å². The van der Waals surface area contributed by atoms with Crippen molar-refractivity contribution in [2.45, 2.75) is 16.6 Å². The van der Waals surface area contributed by atoms with Gasteiger partial charge in [-0.05, 0) is 30.3 Å². The minimum atomic E-state index is -0.657. The van der Waals surface area contributed by atoms with Gasteiger partial charge in [0.1, 0.15) is 11.5 Å². The molecule has 2 N–H and O–H groups in total. The van der Waals surface area contributed by atoms with Gasteiger partial charge >= 0.3 is 5.97 Å². The molecule has 0 fully saturated rings. The van der Waals surface area contributed by atoms with Gasteiger partial charge in [-0.1, -0.05) is 11.6 Å². The number of methoxy groups -OCH3 is 2. The molecule has 1 aliphatic rings. The Bertz CT molecular complexity index is 984. The first-order valence-electron chi connectivity index (χ1n) is 8.84. The van der Waals surface area contributed by atoms with Gasteiger partial charge < -0.3 is 24.8 Å². The normalized spacial score (nSPS) is 14.9. The van der Waals surface area contributed by atoms with Crippen LogP contribution in [-0.4, -0.2) is 43.9 Å². The Labute approximate surface area is 182 Å². The van der Waals surface area contributed by atoms with Gasteiger partial charge in [0, 0.05) is 16.0 Å².